The Morgan fingerprint density at radius 3 is 2.28 bits per heavy atom. The van der Waals surface area contributed by atoms with Gasteiger partial charge in [0.25, 0.3) is 0 Å². The first-order valence-corrected chi connectivity index (χ1v) is 11.5. The maximum Gasteiger partial charge on any atom is 0.170 e. The van der Waals surface area contributed by atoms with Gasteiger partial charge in [-0.2, -0.15) is 0 Å². The predicted octanol–water partition coefficient (Wildman–Crippen LogP) is 5.10. The Morgan fingerprint density at radius 1 is 1.07 bits per heavy atom. The molecule has 0 fully saturated rings. The predicted molar refractivity (Wildman–Crippen MR) is 116 cm³/mol. The summed E-state index contributed by atoms with van der Waals surface area (Å²) >= 11 is 0. The van der Waals surface area contributed by atoms with Crippen LogP contribution < -0.4 is 0 Å². The number of aliphatic hydroxyl groups is 3. The Morgan fingerprint density at radius 2 is 1.66 bits per heavy atom. The largest absolute Gasteiger partial charge is 0.509 e. The second-order valence-electron chi connectivity index (χ2n) is 8.17. The van der Waals surface area contributed by atoms with Gasteiger partial charge in [0.2, 0.25) is 0 Å². The minimum atomic E-state index is -1.08. The second-order valence-corrected chi connectivity index (χ2v) is 8.17. The molecule has 0 spiro atoms. The molecule has 5 heteroatoms. The molecule has 5 nitrogen and oxygen atoms in total. The van der Waals surface area contributed by atoms with Gasteiger partial charge in [-0.25, -0.2) is 0 Å². The minimum absolute atomic E-state index is 0.126. The smallest absolute Gasteiger partial charge is 0.170 e. The number of aliphatic hydroxyl groups excluding tert-OH is 3. The fraction of sp³-hybridized carbons (Fsp3) is 0.750. The number of carbonyl (C=O) groups is 2. The summed E-state index contributed by atoms with van der Waals surface area (Å²) < 4.78 is 0. The van der Waals surface area contributed by atoms with Gasteiger partial charge in [-0.3, -0.25) is 9.59 Å². The SMILES string of the molecule is CCC/C=C/C(O)CCCCCCCCCCCC(=O)C1=C(O)[C@@H](O)CCC1=O. The zero-order chi connectivity index (χ0) is 21.5. The van der Waals surface area contributed by atoms with Gasteiger partial charge >= 0.3 is 0 Å². The van der Waals surface area contributed by atoms with Crippen molar-refractivity contribution in [3.8, 4) is 0 Å². The summed E-state index contributed by atoms with van der Waals surface area (Å²) in [4.78, 5) is 24.0. The Balaban J connectivity index is 1.99. The van der Waals surface area contributed by atoms with Crippen LogP contribution in [-0.4, -0.2) is 39.1 Å². The molecule has 0 aromatic carbocycles. The normalized spacial score (nSPS) is 18.6. The Bertz CT molecular complexity index is 549. The van der Waals surface area contributed by atoms with Crippen LogP contribution in [0.1, 0.15) is 103 Å². The molecule has 1 unspecified atom stereocenters. The molecule has 0 aromatic rings. The molecule has 0 aromatic heterocycles. The topological polar surface area (TPSA) is 94.8 Å². The van der Waals surface area contributed by atoms with Crippen molar-refractivity contribution in [2.24, 2.45) is 0 Å². The quantitative estimate of drug-likeness (QED) is 0.188. The van der Waals surface area contributed by atoms with E-state index in [2.05, 4.69) is 13.0 Å². The fourth-order valence-corrected chi connectivity index (χ4v) is 3.66. The maximum absolute atomic E-state index is 12.1. The van der Waals surface area contributed by atoms with Crippen molar-refractivity contribution in [2.75, 3.05) is 0 Å². The highest BCUT2D eigenvalue weighted by Gasteiger charge is 2.30. The summed E-state index contributed by atoms with van der Waals surface area (Å²) in [5, 5.41) is 29.2. The van der Waals surface area contributed by atoms with Gasteiger partial charge in [-0.1, -0.05) is 76.9 Å². The van der Waals surface area contributed by atoms with Crippen molar-refractivity contribution < 1.29 is 24.9 Å². The third-order valence-electron chi connectivity index (χ3n) is 5.49. The monoisotopic (exact) mass is 408 g/mol. The number of hydrogen-bond donors (Lipinski definition) is 3. The van der Waals surface area contributed by atoms with Gasteiger partial charge < -0.3 is 15.3 Å². The number of ketones is 2. The molecule has 0 heterocycles. The first kappa shape index (κ1) is 25.6. The first-order chi connectivity index (χ1) is 14.0. The summed E-state index contributed by atoms with van der Waals surface area (Å²) in [6.45, 7) is 2.13. The van der Waals surface area contributed by atoms with Crippen molar-refractivity contribution in [1.29, 1.82) is 0 Å². The van der Waals surface area contributed by atoms with E-state index in [0.717, 1.165) is 51.4 Å². The van der Waals surface area contributed by atoms with E-state index >= 15 is 0 Å². The van der Waals surface area contributed by atoms with E-state index in [-0.39, 0.29) is 42.5 Å². The van der Waals surface area contributed by atoms with E-state index in [1.165, 1.54) is 19.3 Å². The van der Waals surface area contributed by atoms with E-state index in [9.17, 15) is 24.9 Å². The van der Waals surface area contributed by atoms with E-state index in [1.54, 1.807) is 0 Å². The third-order valence-corrected chi connectivity index (χ3v) is 5.49. The fourth-order valence-electron chi connectivity index (χ4n) is 3.66. The lowest BCUT2D eigenvalue weighted by molar-refractivity contribution is -0.123. The van der Waals surface area contributed by atoms with Crippen molar-refractivity contribution in [2.45, 2.75) is 115 Å². The van der Waals surface area contributed by atoms with Crippen molar-refractivity contribution >= 4 is 11.6 Å². The molecule has 1 aliphatic carbocycles. The molecule has 1 rings (SSSR count). The molecular weight excluding hydrogens is 368 g/mol. The molecule has 0 aliphatic heterocycles. The van der Waals surface area contributed by atoms with Crippen LogP contribution in [0.4, 0.5) is 0 Å². The van der Waals surface area contributed by atoms with Crippen molar-refractivity contribution in [1.82, 2.24) is 0 Å². The third kappa shape index (κ3) is 10.8. The summed E-state index contributed by atoms with van der Waals surface area (Å²) in [5.74, 6) is -1.11. The molecule has 0 saturated carbocycles. The van der Waals surface area contributed by atoms with E-state index in [1.807, 2.05) is 6.08 Å². The Hall–Kier alpha value is -1.46. The number of Topliss-reactive ketones (excluding diaryl/α,β-unsaturated/α-hetero) is 2. The highest BCUT2D eigenvalue weighted by molar-refractivity contribution is 6.21. The molecule has 3 N–H and O–H groups in total. The lowest BCUT2D eigenvalue weighted by Gasteiger charge is -2.18. The number of hydrogen-bond acceptors (Lipinski definition) is 5. The highest BCUT2D eigenvalue weighted by Crippen LogP contribution is 2.23. The van der Waals surface area contributed by atoms with Crippen LogP contribution in [0, 0.1) is 0 Å². The lowest BCUT2D eigenvalue weighted by Crippen LogP contribution is -2.27. The molecule has 1 aliphatic rings. The van der Waals surface area contributed by atoms with Gasteiger partial charge in [0.1, 0.15) is 17.4 Å². The summed E-state index contributed by atoms with van der Waals surface area (Å²) in [5.41, 5.74) is -0.172. The van der Waals surface area contributed by atoms with Gasteiger partial charge in [-0.05, 0) is 25.7 Å². The van der Waals surface area contributed by atoms with Crippen LogP contribution in [0.2, 0.25) is 0 Å². The Kier molecular flexibility index (Phi) is 13.6. The molecule has 0 radical (unpaired) electrons. The minimum Gasteiger partial charge on any atom is -0.509 e. The number of carbonyl (C=O) groups excluding carboxylic acids is 2. The number of unbranched alkanes of at least 4 members (excludes halogenated alkanes) is 9. The standard InChI is InChI=1S/C24H40O5/c1-2-3-11-14-19(25)15-12-9-7-5-4-6-8-10-13-16-20(26)23-21(27)17-18-22(28)24(23)29/h11,14,19,22,25,28-29H,2-10,12-13,15-18H2,1H3/b14-11+/t19?,22-/m0/s1. The van der Waals surface area contributed by atoms with Crippen LogP contribution in [0.15, 0.2) is 23.5 Å². The van der Waals surface area contributed by atoms with Crippen LogP contribution in [-0.2, 0) is 9.59 Å². The molecule has 0 bridgehead atoms. The zero-order valence-electron chi connectivity index (χ0n) is 18.1. The van der Waals surface area contributed by atoms with E-state index in [0.29, 0.717) is 6.42 Å². The van der Waals surface area contributed by atoms with Gasteiger partial charge in [0.05, 0.1) is 6.10 Å². The van der Waals surface area contributed by atoms with E-state index in [4.69, 9.17) is 0 Å². The molecule has 0 saturated heterocycles. The second kappa shape index (κ2) is 15.4. The van der Waals surface area contributed by atoms with Crippen LogP contribution >= 0.6 is 0 Å². The molecular formula is C24H40O5. The van der Waals surface area contributed by atoms with Gasteiger partial charge in [0, 0.05) is 12.8 Å². The summed E-state index contributed by atoms with van der Waals surface area (Å²) in [6.07, 6.45) is 15.8. The lowest BCUT2D eigenvalue weighted by atomic mass is 9.89. The molecule has 2 atom stereocenters. The van der Waals surface area contributed by atoms with Gasteiger partial charge in [0.15, 0.2) is 11.6 Å². The molecule has 29 heavy (non-hydrogen) atoms. The first-order valence-electron chi connectivity index (χ1n) is 11.5. The van der Waals surface area contributed by atoms with Crippen molar-refractivity contribution in [3.05, 3.63) is 23.5 Å². The summed E-state index contributed by atoms with van der Waals surface area (Å²) in [7, 11) is 0. The number of allylic oxidation sites excluding steroid dienone is 2. The molecule has 0 amide bonds. The van der Waals surface area contributed by atoms with Crippen LogP contribution in [0.3, 0.4) is 0 Å². The van der Waals surface area contributed by atoms with Crippen molar-refractivity contribution in [3.63, 3.8) is 0 Å². The van der Waals surface area contributed by atoms with Crippen LogP contribution in [0.5, 0.6) is 0 Å². The molecule has 166 valence electrons. The summed E-state index contributed by atoms with van der Waals surface area (Å²) in [6, 6.07) is 0. The number of rotatable bonds is 16. The average Bonchev–Trinajstić information content (AvgIpc) is 2.69. The Labute approximate surface area is 175 Å². The average molecular weight is 409 g/mol. The van der Waals surface area contributed by atoms with Gasteiger partial charge in [-0.15, -0.1) is 0 Å². The van der Waals surface area contributed by atoms with E-state index < -0.39 is 11.9 Å². The van der Waals surface area contributed by atoms with Crippen LogP contribution in [0.25, 0.3) is 0 Å². The zero-order valence-corrected chi connectivity index (χ0v) is 18.1. The highest BCUT2D eigenvalue weighted by atomic mass is 16.3. The maximum atomic E-state index is 12.1.